The molecule has 1 heteroatoms. The summed E-state index contributed by atoms with van der Waals surface area (Å²) in [5, 5.41) is 2.74. The third kappa shape index (κ3) is 3.35. The summed E-state index contributed by atoms with van der Waals surface area (Å²) >= 11 is 0. The third-order valence-corrected chi connectivity index (χ3v) is 2.47. The van der Waals surface area contributed by atoms with E-state index in [0.717, 1.165) is 0 Å². The van der Waals surface area contributed by atoms with Crippen LogP contribution in [0.1, 0.15) is 16.7 Å². The fraction of sp³-hybridized carbons (Fsp3) is 0.214. The van der Waals surface area contributed by atoms with Gasteiger partial charge in [0, 0.05) is 0 Å². The third-order valence-electron chi connectivity index (χ3n) is 2.47. The van der Waals surface area contributed by atoms with Crippen molar-refractivity contribution in [2.24, 2.45) is 0 Å². The molecule has 2 aromatic carbocycles. The maximum atomic E-state index is 2.26. The van der Waals surface area contributed by atoms with E-state index in [1.807, 2.05) is 0 Å². The molecule has 0 saturated carbocycles. The van der Waals surface area contributed by atoms with Crippen LogP contribution in [0.5, 0.6) is 0 Å². The molecule has 0 bridgehead atoms. The average Bonchev–Trinajstić information content (AvgIpc) is 2.30. The van der Waals surface area contributed by atoms with Crippen molar-refractivity contribution in [3.63, 3.8) is 0 Å². The molecule has 2 rings (SSSR count). The second-order valence-corrected chi connectivity index (χ2v) is 3.60. The predicted octanol–water partition coefficient (Wildman–Crippen LogP) is 4.38. The number of hydrogen-bond acceptors (Lipinski definition) is 0. The van der Waals surface area contributed by atoms with Crippen LogP contribution >= 0.6 is 0 Å². The monoisotopic (exact) mass is 277 g/mol. The summed E-state index contributed by atoms with van der Waals surface area (Å²) in [7, 11) is 0. The molecule has 0 saturated heterocycles. The Morgan fingerprint density at radius 2 is 1.40 bits per heavy atom. The van der Waals surface area contributed by atoms with E-state index in [0.29, 0.717) is 0 Å². The van der Waals surface area contributed by atoms with Gasteiger partial charge in [-0.25, -0.2) is 0 Å². The van der Waals surface area contributed by atoms with Crippen LogP contribution < -0.4 is 0 Å². The summed E-state index contributed by atoms with van der Waals surface area (Å²) in [5.41, 5.74) is 4.12. The average molecular weight is 279 g/mol. The molecule has 0 aliphatic heterocycles. The van der Waals surface area contributed by atoms with E-state index in [9.17, 15) is 0 Å². The molecule has 0 spiro atoms. The largest absolute Gasteiger partial charge is 3.00 e. The van der Waals surface area contributed by atoms with E-state index < -0.39 is 0 Å². The van der Waals surface area contributed by atoms with Crippen molar-refractivity contribution in [1.29, 1.82) is 0 Å². The van der Waals surface area contributed by atoms with Crippen LogP contribution in [-0.4, -0.2) is 0 Å². The molecule has 0 aliphatic carbocycles. The minimum Gasteiger partial charge on any atom is -0.358 e. The number of fused-ring (bicyclic) bond motifs is 1. The van der Waals surface area contributed by atoms with Crippen LogP contribution in [0.4, 0.5) is 0 Å². The minimum absolute atomic E-state index is 0. The zero-order valence-electron chi connectivity index (χ0n) is 10.3. The first-order valence-electron chi connectivity index (χ1n) is 4.31. The first-order valence-corrected chi connectivity index (χ1v) is 4.31. The Morgan fingerprint density at radius 3 is 2.00 bits per heavy atom. The van der Waals surface area contributed by atoms with Gasteiger partial charge < -0.3 is 14.9 Å². The van der Waals surface area contributed by atoms with Crippen LogP contribution in [0.25, 0.3) is 10.8 Å². The summed E-state index contributed by atoms with van der Waals surface area (Å²) in [5.74, 6) is 0. The number of aryl methyl sites for hydroxylation is 3. The Kier molecular flexibility index (Phi) is 7.22. The molecule has 15 heavy (non-hydrogen) atoms. The van der Waals surface area contributed by atoms with Crippen LogP contribution in [-0.2, 0) is 26.2 Å². The van der Waals surface area contributed by atoms with Crippen LogP contribution in [0.2, 0.25) is 0 Å². The van der Waals surface area contributed by atoms with Gasteiger partial charge in [0.1, 0.15) is 0 Å². The molecule has 0 heterocycles. The summed E-state index contributed by atoms with van der Waals surface area (Å²) in [6.45, 7) is 6.47. The Labute approximate surface area is 113 Å². The summed E-state index contributed by atoms with van der Waals surface area (Å²) in [4.78, 5) is 0. The maximum Gasteiger partial charge on any atom is 3.00 e. The smallest absolute Gasteiger partial charge is 0.358 e. The molecule has 0 N–H and O–H groups in total. The van der Waals surface area contributed by atoms with E-state index in [4.69, 9.17) is 0 Å². The minimum atomic E-state index is 0. The zero-order valence-corrected chi connectivity index (χ0v) is 12.8. The molecule has 1 radical (unpaired) electrons. The molecule has 0 atom stereocenters. The molecule has 0 amide bonds. The van der Waals surface area contributed by atoms with Crippen molar-refractivity contribution in [2.45, 2.75) is 20.8 Å². The second-order valence-electron chi connectivity index (χ2n) is 3.60. The van der Waals surface area contributed by atoms with Crippen molar-refractivity contribution in [2.75, 3.05) is 0 Å². The zero-order chi connectivity index (χ0) is 8.72. The molecule has 0 unspecified atom stereocenters. The van der Waals surface area contributed by atoms with Crippen molar-refractivity contribution in [3.8, 4) is 0 Å². The molecule has 2 aromatic rings. The van der Waals surface area contributed by atoms with E-state index in [1.165, 1.54) is 27.5 Å². The number of benzene rings is 1. The van der Waals surface area contributed by atoms with E-state index in [2.05, 4.69) is 45.0 Å². The van der Waals surface area contributed by atoms with E-state index >= 15 is 0 Å². The fourth-order valence-corrected chi connectivity index (χ4v) is 1.64. The van der Waals surface area contributed by atoms with Gasteiger partial charge in [-0.15, -0.1) is 34.5 Å². The van der Waals surface area contributed by atoms with Gasteiger partial charge in [-0.3, -0.25) is 0 Å². The van der Waals surface area contributed by atoms with Crippen LogP contribution in [0, 0.1) is 35.6 Å². The Morgan fingerprint density at radius 1 is 0.867 bits per heavy atom. The van der Waals surface area contributed by atoms with Crippen molar-refractivity contribution in [3.05, 3.63) is 55.8 Å². The van der Waals surface area contributed by atoms with Crippen molar-refractivity contribution >= 4 is 10.8 Å². The molecule has 79 valence electrons. The summed E-state index contributed by atoms with van der Waals surface area (Å²) in [6, 6.07) is 9.00. The first kappa shape index (κ1) is 17.1. The van der Waals surface area contributed by atoms with Gasteiger partial charge in [0.2, 0.25) is 0 Å². The Hall–Kier alpha value is -0.287. The van der Waals surface area contributed by atoms with Crippen LogP contribution in [0.15, 0.2) is 24.3 Å². The van der Waals surface area contributed by atoms with Crippen molar-refractivity contribution < 1.29 is 26.2 Å². The van der Waals surface area contributed by atoms with Gasteiger partial charge in [-0.05, 0) is 13.8 Å². The first-order chi connectivity index (χ1) is 5.66. The molecule has 0 fully saturated rings. The van der Waals surface area contributed by atoms with Crippen LogP contribution in [0.3, 0.4) is 0 Å². The topological polar surface area (TPSA) is 0 Å². The van der Waals surface area contributed by atoms with Gasteiger partial charge in [-0.2, -0.15) is 6.07 Å². The molecular formula is C14H19Zr. The quantitative estimate of drug-likeness (QED) is 0.627. The second kappa shape index (κ2) is 6.33. The van der Waals surface area contributed by atoms with Gasteiger partial charge in [-0.1, -0.05) is 18.1 Å². The maximum absolute atomic E-state index is 2.26. The SMILES string of the molecule is Cc1cc2cc(C)c(C)cc2[cH-]1.[CH3-].[CH3-].[Zr+3]. The predicted molar refractivity (Wildman–Crippen MR) is 66.6 cm³/mol. The summed E-state index contributed by atoms with van der Waals surface area (Å²) < 4.78 is 0. The molecule has 0 nitrogen and oxygen atoms in total. The number of rotatable bonds is 0. The summed E-state index contributed by atoms with van der Waals surface area (Å²) in [6.07, 6.45) is 0. The molecular weight excluding hydrogens is 259 g/mol. The van der Waals surface area contributed by atoms with E-state index in [1.54, 1.807) is 0 Å². The standard InChI is InChI=1S/C12H13.2CH3.Zr/c1-8-4-11-6-9(2)10(3)7-12(11)5-8;;;/h4-7H,1-3H3;2*1H3;/q3*-1;+3. The van der Waals surface area contributed by atoms with E-state index in [-0.39, 0.29) is 41.1 Å². The van der Waals surface area contributed by atoms with Gasteiger partial charge >= 0.3 is 26.2 Å². The molecule has 0 aromatic heterocycles. The van der Waals surface area contributed by atoms with Gasteiger partial charge in [0.25, 0.3) is 0 Å². The Balaban J connectivity index is 0. The fourth-order valence-electron chi connectivity index (χ4n) is 1.64. The molecule has 0 aliphatic rings. The normalized spacial score (nSPS) is 8.73. The van der Waals surface area contributed by atoms with Crippen molar-refractivity contribution in [1.82, 2.24) is 0 Å². The Bertz CT molecular complexity index is 385. The number of hydrogen-bond donors (Lipinski definition) is 0. The van der Waals surface area contributed by atoms with Gasteiger partial charge in [0.15, 0.2) is 0 Å². The van der Waals surface area contributed by atoms with Gasteiger partial charge in [0.05, 0.1) is 0 Å².